The fourth-order valence-electron chi connectivity index (χ4n) is 3.23. The van der Waals surface area contributed by atoms with Crippen LogP contribution < -0.4 is 0 Å². The summed E-state index contributed by atoms with van der Waals surface area (Å²) in [5.74, 6) is -0.719. The minimum atomic E-state index is -0.825. The molecule has 2 aromatic rings. The highest BCUT2D eigenvalue weighted by Gasteiger charge is 2.27. The SMILES string of the molecule is OCCC1CN(Cc2ccco2)CCN1Cc1ccc(F)c(F)c1. The topological polar surface area (TPSA) is 39.9 Å². The van der Waals surface area contributed by atoms with Gasteiger partial charge in [0.2, 0.25) is 0 Å². The third-order valence-electron chi connectivity index (χ3n) is 4.48. The van der Waals surface area contributed by atoms with Gasteiger partial charge in [0.05, 0.1) is 12.8 Å². The minimum Gasteiger partial charge on any atom is -0.468 e. The number of rotatable bonds is 6. The van der Waals surface area contributed by atoms with E-state index in [9.17, 15) is 13.9 Å². The molecule has 0 saturated carbocycles. The van der Waals surface area contributed by atoms with Crippen LogP contribution in [0.5, 0.6) is 0 Å². The molecular weight excluding hydrogens is 314 g/mol. The average molecular weight is 336 g/mol. The number of aliphatic hydroxyl groups is 1. The highest BCUT2D eigenvalue weighted by atomic mass is 19.2. The zero-order chi connectivity index (χ0) is 16.9. The predicted octanol–water partition coefficient (Wildman–Crippen LogP) is 2.63. The van der Waals surface area contributed by atoms with Crippen LogP contribution in [0.3, 0.4) is 0 Å². The third-order valence-corrected chi connectivity index (χ3v) is 4.48. The molecule has 1 aromatic carbocycles. The Kier molecular flexibility index (Phi) is 5.60. The number of furan rings is 1. The van der Waals surface area contributed by atoms with Crippen LogP contribution in [0.15, 0.2) is 41.0 Å². The van der Waals surface area contributed by atoms with Crippen LogP contribution in [0.4, 0.5) is 8.78 Å². The lowest BCUT2D eigenvalue weighted by Gasteiger charge is -2.41. The van der Waals surface area contributed by atoms with Gasteiger partial charge in [0.25, 0.3) is 0 Å². The molecule has 3 rings (SSSR count). The van der Waals surface area contributed by atoms with E-state index in [1.165, 1.54) is 12.1 Å². The van der Waals surface area contributed by atoms with E-state index in [-0.39, 0.29) is 12.6 Å². The standard InChI is InChI=1S/C18H22F2N2O2/c19-17-4-3-14(10-18(17)20)11-22-7-6-21(12-15(22)5-8-23)13-16-2-1-9-24-16/h1-4,9-10,15,23H,5-8,11-13H2. The Balaban J connectivity index is 1.63. The van der Waals surface area contributed by atoms with Gasteiger partial charge in [-0.3, -0.25) is 9.80 Å². The van der Waals surface area contributed by atoms with Crippen molar-refractivity contribution in [1.29, 1.82) is 0 Å². The maximum atomic E-state index is 13.4. The molecular formula is C18H22F2N2O2. The summed E-state index contributed by atoms with van der Waals surface area (Å²) in [6.45, 7) is 3.89. The van der Waals surface area contributed by atoms with E-state index < -0.39 is 11.6 Å². The maximum Gasteiger partial charge on any atom is 0.159 e. The quantitative estimate of drug-likeness (QED) is 0.880. The third kappa shape index (κ3) is 4.20. The van der Waals surface area contributed by atoms with E-state index in [2.05, 4.69) is 9.80 Å². The van der Waals surface area contributed by atoms with Gasteiger partial charge in [-0.15, -0.1) is 0 Å². The molecule has 24 heavy (non-hydrogen) atoms. The summed E-state index contributed by atoms with van der Waals surface area (Å²) in [5, 5.41) is 9.35. The van der Waals surface area contributed by atoms with E-state index in [1.807, 2.05) is 12.1 Å². The van der Waals surface area contributed by atoms with Crippen LogP contribution in [0.25, 0.3) is 0 Å². The van der Waals surface area contributed by atoms with Gasteiger partial charge in [-0.1, -0.05) is 6.07 Å². The molecule has 4 nitrogen and oxygen atoms in total. The summed E-state index contributed by atoms with van der Waals surface area (Å²) >= 11 is 0. The summed E-state index contributed by atoms with van der Waals surface area (Å²) in [6.07, 6.45) is 2.32. The van der Waals surface area contributed by atoms with Crippen LogP contribution in [0, 0.1) is 11.6 Å². The Bertz CT molecular complexity index is 648. The van der Waals surface area contributed by atoms with E-state index in [1.54, 1.807) is 12.3 Å². The number of nitrogens with zero attached hydrogens (tertiary/aromatic N) is 2. The molecule has 1 aliphatic rings. The Morgan fingerprint density at radius 3 is 2.71 bits per heavy atom. The number of benzene rings is 1. The lowest BCUT2D eigenvalue weighted by molar-refractivity contribution is 0.0468. The molecule has 1 aliphatic heterocycles. The first-order valence-electron chi connectivity index (χ1n) is 8.19. The Morgan fingerprint density at radius 2 is 2.00 bits per heavy atom. The van der Waals surface area contributed by atoms with Crippen molar-refractivity contribution in [3.8, 4) is 0 Å². The molecule has 1 saturated heterocycles. The molecule has 2 heterocycles. The van der Waals surface area contributed by atoms with Gasteiger partial charge in [-0.25, -0.2) is 8.78 Å². The van der Waals surface area contributed by atoms with Crippen LogP contribution in [0.1, 0.15) is 17.7 Å². The Labute approximate surface area is 140 Å². The van der Waals surface area contributed by atoms with Crippen LogP contribution in [-0.2, 0) is 13.1 Å². The smallest absolute Gasteiger partial charge is 0.159 e. The molecule has 130 valence electrons. The second-order valence-corrected chi connectivity index (χ2v) is 6.20. The number of aliphatic hydroxyl groups excluding tert-OH is 1. The van der Waals surface area contributed by atoms with Crippen molar-refractivity contribution in [1.82, 2.24) is 9.80 Å². The molecule has 0 radical (unpaired) electrons. The fraction of sp³-hybridized carbons (Fsp3) is 0.444. The first-order valence-corrected chi connectivity index (χ1v) is 8.19. The zero-order valence-corrected chi connectivity index (χ0v) is 13.5. The van der Waals surface area contributed by atoms with Crippen molar-refractivity contribution >= 4 is 0 Å². The maximum absolute atomic E-state index is 13.4. The average Bonchev–Trinajstić information content (AvgIpc) is 3.07. The number of piperazine rings is 1. The van der Waals surface area contributed by atoms with Crippen molar-refractivity contribution in [3.63, 3.8) is 0 Å². The van der Waals surface area contributed by atoms with Gasteiger partial charge < -0.3 is 9.52 Å². The van der Waals surface area contributed by atoms with Crippen LogP contribution in [0.2, 0.25) is 0 Å². The Hall–Kier alpha value is -1.76. The predicted molar refractivity (Wildman–Crippen MR) is 86.2 cm³/mol. The van der Waals surface area contributed by atoms with Crippen molar-refractivity contribution in [2.24, 2.45) is 0 Å². The molecule has 0 aliphatic carbocycles. The van der Waals surface area contributed by atoms with Gasteiger partial charge in [0, 0.05) is 38.8 Å². The lowest BCUT2D eigenvalue weighted by Crippen LogP contribution is -2.52. The van der Waals surface area contributed by atoms with E-state index in [4.69, 9.17) is 4.42 Å². The molecule has 1 aromatic heterocycles. The number of halogens is 2. The van der Waals surface area contributed by atoms with Crippen LogP contribution >= 0.6 is 0 Å². The highest BCUT2D eigenvalue weighted by Crippen LogP contribution is 2.19. The van der Waals surface area contributed by atoms with Crippen molar-refractivity contribution in [2.75, 3.05) is 26.2 Å². The van der Waals surface area contributed by atoms with Gasteiger partial charge in [0.15, 0.2) is 11.6 Å². The highest BCUT2D eigenvalue weighted by molar-refractivity contribution is 5.18. The van der Waals surface area contributed by atoms with Crippen LogP contribution in [-0.4, -0.2) is 47.2 Å². The molecule has 1 N–H and O–H groups in total. The summed E-state index contributed by atoms with van der Waals surface area (Å²) in [5.41, 5.74) is 0.747. The molecule has 0 amide bonds. The van der Waals surface area contributed by atoms with Crippen molar-refractivity contribution < 1.29 is 18.3 Å². The summed E-state index contributed by atoms with van der Waals surface area (Å²) in [6, 6.07) is 8.03. The molecule has 0 spiro atoms. The molecule has 1 atom stereocenters. The lowest BCUT2D eigenvalue weighted by atomic mass is 10.1. The number of hydrogen-bond donors (Lipinski definition) is 1. The molecule has 6 heteroatoms. The van der Waals surface area contributed by atoms with Crippen molar-refractivity contribution in [2.45, 2.75) is 25.6 Å². The summed E-state index contributed by atoms with van der Waals surface area (Å²) < 4.78 is 31.9. The number of hydrogen-bond acceptors (Lipinski definition) is 4. The van der Waals surface area contributed by atoms with Gasteiger partial charge in [-0.05, 0) is 36.2 Å². The normalized spacial score (nSPS) is 19.7. The Morgan fingerprint density at radius 1 is 1.12 bits per heavy atom. The summed E-state index contributed by atoms with van der Waals surface area (Å²) in [4.78, 5) is 4.52. The van der Waals surface area contributed by atoms with Gasteiger partial charge in [-0.2, -0.15) is 0 Å². The van der Waals surface area contributed by atoms with E-state index >= 15 is 0 Å². The largest absolute Gasteiger partial charge is 0.468 e. The zero-order valence-electron chi connectivity index (χ0n) is 13.5. The molecule has 1 fully saturated rings. The monoisotopic (exact) mass is 336 g/mol. The molecule has 0 bridgehead atoms. The first kappa shape index (κ1) is 17.1. The summed E-state index contributed by atoms with van der Waals surface area (Å²) in [7, 11) is 0. The van der Waals surface area contributed by atoms with Gasteiger partial charge >= 0.3 is 0 Å². The van der Waals surface area contributed by atoms with E-state index in [0.717, 1.165) is 37.5 Å². The van der Waals surface area contributed by atoms with Crippen molar-refractivity contribution in [3.05, 3.63) is 59.6 Å². The first-order chi connectivity index (χ1) is 11.7. The molecule has 1 unspecified atom stereocenters. The minimum absolute atomic E-state index is 0.105. The fourth-order valence-corrected chi connectivity index (χ4v) is 3.23. The second-order valence-electron chi connectivity index (χ2n) is 6.20. The second kappa shape index (κ2) is 7.88. The van der Waals surface area contributed by atoms with E-state index in [0.29, 0.717) is 13.0 Å². The van der Waals surface area contributed by atoms with Gasteiger partial charge in [0.1, 0.15) is 5.76 Å².